The predicted octanol–water partition coefficient (Wildman–Crippen LogP) is 2.15. The number of hydrogen-bond acceptors (Lipinski definition) is 3. The maximum absolute atomic E-state index is 12.2. The molecule has 0 aliphatic rings. The molecule has 0 saturated heterocycles. The third-order valence-corrected chi connectivity index (χ3v) is 2.70. The molecule has 0 unspecified atom stereocenters. The SMILES string of the molecule is CCN(C(=O)c1ccc(OC)c(N)c1)C(C)C. The maximum Gasteiger partial charge on any atom is 0.254 e. The third kappa shape index (κ3) is 2.90. The molecule has 0 spiro atoms. The molecule has 0 heterocycles. The van der Waals surface area contributed by atoms with E-state index >= 15 is 0 Å². The lowest BCUT2D eigenvalue weighted by Crippen LogP contribution is -2.36. The zero-order valence-corrected chi connectivity index (χ0v) is 10.9. The summed E-state index contributed by atoms with van der Waals surface area (Å²) in [4.78, 5) is 14.0. The second-order valence-corrected chi connectivity index (χ2v) is 4.14. The van der Waals surface area contributed by atoms with Gasteiger partial charge in [-0.05, 0) is 39.0 Å². The van der Waals surface area contributed by atoms with E-state index in [-0.39, 0.29) is 11.9 Å². The van der Waals surface area contributed by atoms with Crippen molar-refractivity contribution in [2.24, 2.45) is 0 Å². The van der Waals surface area contributed by atoms with Gasteiger partial charge in [0.2, 0.25) is 0 Å². The quantitative estimate of drug-likeness (QED) is 0.815. The fraction of sp³-hybridized carbons (Fsp3) is 0.462. The number of anilines is 1. The van der Waals surface area contributed by atoms with E-state index in [1.54, 1.807) is 30.2 Å². The Bertz CT molecular complexity index is 402. The van der Waals surface area contributed by atoms with Crippen LogP contribution in [0.25, 0.3) is 0 Å². The van der Waals surface area contributed by atoms with Crippen LogP contribution in [0, 0.1) is 0 Å². The molecular formula is C13H20N2O2. The molecule has 0 bridgehead atoms. The van der Waals surface area contributed by atoms with E-state index in [2.05, 4.69) is 0 Å². The predicted molar refractivity (Wildman–Crippen MR) is 69.3 cm³/mol. The summed E-state index contributed by atoms with van der Waals surface area (Å²) >= 11 is 0. The summed E-state index contributed by atoms with van der Waals surface area (Å²) in [5.41, 5.74) is 6.87. The van der Waals surface area contributed by atoms with Gasteiger partial charge < -0.3 is 15.4 Å². The van der Waals surface area contributed by atoms with Gasteiger partial charge in [-0.1, -0.05) is 0 Å². The topological polar surface area (TPSA) is 55.6 Å². The van der Waals surface area contributed by atoms with Crippen LogP contribution in [0.15, 0.2) is 18.2 Å². The zero-order chi connectivity index (χ0) is 13.0. The number of methoxy groups -OCH3 is 1. The highest BCUT2D eigenvalue weighted by Crippen LogP contribution is 2.22. The van der Waals surface area contributed by atoms with Gasteiger partial charge in [-0.25, -0.2) is 0 Å². The lowest BCUT2D eigenvalue weighted by Gasteiger charge is -2.25. The van der Waals surface area contributed by atoms with Gasteiger partial charge in [-0.2, -0.15) is 0 Å². The Hall–Kier alpha value is -1.71. The van der Waals surface area contributed by atoms with Crippen molar-refractivity contribution in [3.63, 3.8) is 0 Å². The smallest absolute Gasteiger partial charge is 0.254 e. The first-order valence-corrected chi connectivity index (χ1v) is 5.75. The van der Waals surface area contributed by atoms with Gasteiger partial charge in [0.25, 0.3) is 5.91 Å². The molecule has 0 aliphatic carbocycles. The molecule has 4 nitrogen and oxygen atoms in total. The molecule has 1 aromatic rings. The molecule has 17 heavy (non-hydrogen) atoms. The Balaban J connectivity index is 3.00. The van der Waals surface area contributed by atoms with E-state index in [4.69, 9.17) is 10.5 Å². The van der Waals surface area contributed by atoms with E-state index in [0.29, 0.717) is 23.5 Å². The van der Waals surface area contributed by atoms with Gasteiger partial charge in [0.1, 0.15) is 5.75 Å². The number of nitrogen functional groups attached to an aromatic ring is 1. The highest BCUT2D eigenvalue weighted by atomic mass is 16.5. The fourth-order valence-corrected chi connectivity index (χ4v) is 1.78. The Kier molecular flexibility index (Phi) is 4.37. The summed E-state index contributed by atoms with van der Waals surface area (Å²) in [6, 6.07) is 5.29. The van der Waals surface area contributed by atoms with Crippen molar-refractivity contribution >= 4 is 11.6 Å². The van der Waals surface area contributed by atoms with Crippen molar-refractivity contribution in [2.75, 3.05) is 19.4 Å². The first-order valence-electron chi connectivity index (χ1n) is 5.75. The van der Waals surface area contributed by atoms with Crippen molar-refractivity contribution in [1.82, 2.24) is 4.90 Å². The minimum atomic E-state index is -0.00291. The third-order valence-electron chi connectivity index (χ3n) is 2.70. The minimum Gasteiger partial charge on any atom is -0.495 e. The molecule has 1 rings (SSSR count). The molecule has 0 aliphatic heterocycles. The van der Waals surface area contributed by atoms with E-state index in [1.165, 1.54) is 0 Å². The monoisotopic (exact) mass is 236 g/mol. The van der Waals surface area contributed by atoms with Gasteiger partial charge in [0.05, 0.1) is 12.8 Å². The molecule has 4 heteroatoms. The Morgan fingerprint density at radius 3 is 2.53 bits per heavy atom. The van der Waals surface area contributed by atoms with Gasteiger partial charge >= 0.3 is 0 Å². The van der Waals surface area contributed by atoms with Crippen LogP contribution in [-0.4, -0.2) is 30.5 Å². The van der Waals surface area contributed by atoms with Crippen molar-refractivity contribution in [1.29, 1.82) is 0 Å². The molecular weight excluding hydrogens is 216 g/mol. The Morgan fingerprint density at radius 2 is 2.12 bits per heavy atom. The van der Waals surface area contributed by atoms with E-state index < -0.39 is 0 Å². The van der Waals surface area contributed by atoms with Crippen LogP contribution in [0.2, 0.25) is 0 Å². The Morgan fingerprint density at radius 1 is 1.47 bits per heavy atom. The summed E-state index contributed by atoms with van der Waals surface area (Å²) < 4.78 is 5.06. The lowest BCUT2D eigenvalue weighted by atomic mass is 10.1. The van der Waals surface area contributed by atoms with Crippen LogP contribution in [0.5, 0.6) is 5.75 Å². The number of amides is 1. The van der Waals surface area contributed by atoms with E-state index in [0.717, 1.165) is 0 Å². The number of carbonyl (C=O) groups excluding carboxylic acids is 1. The van der Waals surface area contributed by atoms with Crippen molar-refractivity contribution in [2.45, 2.75) is 26.8 Å². The molecule has 0 aromatic heterocycles. The second kappa shape index (κ2) is 5.57. The highest BCUT2D eigenvalue weighted by Gasteiger charge is 2.17. The number of benzene rings is 1. The number of nitrogens with two attached hydrogens (primary N) is 1. The number of rotatable bonds is 4. The van der Waals surface area contributed by atoms with E-state index in [9.17, 15) is 4.79 Å². The molecule has 0 radical (unpaired) electrons. The molecule has 94 valence electrons. The Labute approximate surface area is 102 Å². The van der Waals surface area contributed by atoms with Gasteiger partial charge in [0.15, 0.2) is 0 Å². The van der Waals surface area contributed by atoms with Crippen LogP contribution in [0.4, 0.5) is 5.69 Å². The second-order valence-electron chi connectivity index (χ2n) is 4.14. The normalized spacial score (nSPS) is 10.4. The molecule has 0 fully saturated rings. The van der Waals surface area contributed by atoms with Crippen LogP contribution in [-0.2, 0) is 0 Å². The average Bonchev–Trinajstić information content (AvgIpc) is 2.29. The lowest BCUT2D eigenvalue weighted by molar-refractivity contribution is 0.0717. The molecule has 0 saturated carbocycles. The zero-order valence-electron chi connectivity index (χ0n) is 10.9. The number of nitrogens with zero attached hydrogens (tertiary/aromatic N) is 1. The van der Waals surface area contributed by atoms with Gasteiger partial charge in [-0.15, -0.1) is 0 Å². The summed E-state index contributed by atoms with van der Waals surface area (Å²) in [6.45, 7) is 6.63. The number of carbonyl (C=O) groups is 1. The molecule has 1 aromatic carbocycles. The van der Waals surface area contributed by atoms with Crippen molar-refractivity contribution in [3.05, 3.63) is 23.8 Å². The first kappa shape index (κ1) is 13.4. The standard InChI is InChI=1S/C13H20N2O2/c1-5-15(9(2)3)13(16)10-6-7-12(17-4)11(14)8-10/h6-9H,5,14H2,1-4H3. The van der Waals surface area contributed by atoms with Crippen LogP contribution in [0.3, 0.4) is 0 Å². The van der Waals surface area contributed by atoms with Gasteiger partial charge in [-0.3, -0.25) is 4.79 Å². The van der Waals surface area contributed by atoms with Crippen molar-refractivity contribution < 1.29 is 9.53 Å². The summed E-state index contributed by atoms with van der Waals surface area (Å²) in [5, 5.41) is 0. The number of ether oxygens (including phenoxy) is 1. The van der Waals surface area contributed by atoms with Crippen LogP contribution in [0.1, 0.15) is 31.1 Å². The van der Waals surface area contributed by atoms with Crippen molar-refractivity contribution in [3.8, 4) is 5.75 Å². The highest BCUT2D eigenvalue weighted by molar-refractivity contribution is 5.95. The summed E-state index contributed by atoms with van der Waals surface area (Å²) in [5.74, 6) is 0.589. The molecule has 2 N–H and O–H groups in total. The molecule has 0 atom stereocenters. The average molecular weight is 236 g/mol. The first-order chi connectivity index (χ1) is 8.01. The minimum absolute atomic E-state index is 0.00291. The van der Waals surface area contributed by atoms with Crippen LogP contribution >= 0.6 is 0 Å². The summed E-state index contributed by atoms with van der Waals surface area (Å²) in [7, 11) is 1.56. The number of hydrogen-bond donors (Lipinski definition) is 1. The maximum atomic E-state index is 12.2. The summed E-state index contributed by atoms with van der Waals surface area (Å²) in [6.07, 6.45) is 0. The van der Waals surface area contributed by atoms with Crippen LogP contribution < -0.4 is 10.5 Å². The van der Waals surface area contributed by atoms with E-state index in [1.807, 2.05) is 20.8 Å². The van der Waals surface area contributed by atoms with Gasteiger partial charge in [0, 0.05) is 18.2 Å². The molecule has 1 amide bonds. The largest absolute Gasteiger partial charge is 0.495 e. The fourth-order valence-electron chi connectivity index (χ4n) is 1.78.